The fourth-order valence-corrected chi connectivity index (χ4v) is 2.99. The average molecular weight is 271 g/mol. The van der Waals surface area contributed by atoms with Crippen LogP contribution < -0.4 is 0 Å². The van der Waals surface area contributed by atoms with Crippen LogP contribution >= 0.6 is 0 Å². The highest BCUT2D eigenvalue weighted by Gasteiger charge is 2.46. The van der Waals surface area contributed by atoms with E-state index >= 15 is 0 Å². The van der Waals surface area contributed by atoms with Crippen LogP contribution in [0.4, 0.5) is 0 Å². The molecule has 1 heterocycles. The van der Waals surface area contributed by atoms with Crippen LogP contribution in [-0.4, -0.2) is 28.4 Å². The Balaban J connectivity index is 1.67. The van der Waals surface area contributed by atoms with E-state index in [1.54, 1.807) is 12.1 Å². The van der Waals surface area contributed by atoms with Gasteiger partial charge in [-0.1, -0.05) is 24.3 Å². The van der Waals surface area contributed by atoms with Gasteiger partial charge in [0.25, 0.3) is 0 Å². The number of hydrogen-bond donors (Lipinski definition) is 1. The van der Waals surface area contributed by atoms with Crippen LogP contribution in [0, 0.1) is 11.8 Å². The minimum absolute atomic E-state index is 0.0249. The summed E-state index contributed by atoms with van der Waals surface area (Å²) in [4.78, 5) is 25.9. The number of phenols is 1. The molecule has 1 saturated heterocycles. The largest absolute Gasteiger partial charge is 0.508 e. The molecule has 0 bridgehead atoms. The molecule has 3 rings (SSSR count). The lowest BCUT2D eigenvalue weighted by Gasteiger charge is -2.14. The highest BCUT2D eigenvalue weighted by atomic mass is 16.3. The first-order chi connectivity index (χ1) is 9.66. The number of phenolic OH excluding ortho intramolecular Hbond substituents is 1. The zero-order chi connectivity index (χ0) is 14.1. The second kappa shape index (κ2) is 5.12. The first-order valence-electron chi connectivity index (χ1n) is 6.95. The van der Waals surface area contributed by atoms with Crippen LogP contribution in [-0.2, 0) is 16.0 Å². The Bertz CT molecular complexity index is 536. The molecule has 1 aliphatic heterocycles. The third-order valence-corrected chi connectivity index (χ3v) is 4.16. The number of hydrogen-bond acceptors (Lipinski definition) is 3. The van der Waals surface area contributed by atoms with Gasteiger partial charge in [0, 0.05) is 6.54 Å². The molecule has 1 fully saturated rings. The van der Waals surface area contributed by atoms with Gasteiger partial charge in [0.15, 0.2) is 0 Å². The number of fused-ring (bicyclic) bond motifs is 1. The van der Waals surface area contributed by atoms with Crippen molar-refractivity contribution >= 4 is 11.8 Å². The summed E-state index contributed by atoms with van der Waals surface area (Å²) in [6.07, 6.45) is 5.99. The first kappa shape index (κ1) is 12.9. The second-order valence-electron chi connectivity index (χ2n) is 5.40. The number of likely N-dealkylation sites (tertiary alicyclic amines) is 1. The lowest BCUT2D eigenvalue weighted by atomic mass is 9.85. The molecular weight excluding hydrogens is 254 g/mol. The molecule has 2 atom stereocenters. The number of aromatic hydroxyl groups is 1. The Morgan fingerprint density at radius 1 is 1.00 bits per heavy atom. The molecule has 1 aromatic rings. The van der Waals surface area contributed by atoms with E-state index in [0.717, 1.165) is 5.56 Å². The van der Waals surface area contributed by atoms with Gasteiger partial charge in [0.2, 0.25) is 11.8 Å². The number of benzene rings is 1. The molecule has 0 saturated carbocycles. The number of carbonyl (C=O) groups is 2. The summed E-state index contributed by atoms with van der Waals surface area (Å²) in [6.45, 7) is 0.426. The molecule has 2 amide bonds. The maximum absolute atomic E-state index is 12.3. The fourth-order valence-electron chi connectivity index (χ4n) is 2.99. The van der Waals surface area contributed by atoms with E-state index in [-0.39, 0.29) is 29.4 Å². The van der Waals surface area contributed by atoms with E-state index in [1.807, 2.05) is 24.3 Å². The molecule has 4 heteroatoms. The van der Waals surface area contributed by atoms with Gasteiger partial charge in [-0.15, -0.1) is 0 Å². The van der Waals surface area contributed by atoms with Crippen molar-refractivity contribution in [2.75, 3.05) is 6.54 Å². The van der Waals surface area contributed by atoms with Crippen LogP contribution in [0.3, 0.4) is 0 Å². The highest BCUT2D eigenvalue weighted by molar-refractivity contribution is 6.05. The predicted molar refractivity (Wildman–Crippen MR) is 73.9 cm³/mol. The molecular formula is C16H17NO3. The highest BCUT2D eigenvalue weighted by Crippen LogP contribution is 2.35. The van der Waals surface area contributed by atoms with Gasteiger partial charge in [0.1, 0.15) is 5.75 Å². The summed E-state index contributed by atoms with van der Waals surface area (Å²) in [5, 5.41) is 9.24. The summed E-state index contributed by atoms with van der Waals surface area (Å²) >= 11 is 0. The number of allylic oxidation sites excluding steroid dienone is 2. The van der Waals surface area contributed by atoms with Gasteiger partial charge >= 0.3 is 0 Å². The molecule has 0 radical (unpaired) electrons. The summed E-state index contributed by atoms with van der Waals surface area (Å²) < 4.78 is 0. The minimum Gasteiger partial charge on any atom is -0.508 e. The third-order valence-electron chi connectivity index (χ3n) is 4.16. The van der Waals surface area contributed by atoms with Crippen molar-refractivity contribution in [2.45, 2.75) is 19.3 Å². The van der Waals surface area contributed by atoms with Crippen LogP contribution in [0.25, 0.3) is 0 Å². The second-order valence-corrected chi connectivity index (χ2v) is 5.40. The van der Waals surface area contributed by atoms with Crippen LogP contribution in [0.1, 0.15) is 18.4 Å². The smallest absolute Gasteiger partial charge is 0.233 e. The molecule has 0 aromatic heterocycles. The molecule has 4 nitrogen and oxygen atoms in total. The molecule has 1 N–H and O–H groups in total. The third kappa shape index (κ3) is 2.22. The number of rotatable bonds is 3. The Morgan fingerprint density at radius 3 is 2.10 bits per heavy atom. The van der Waals surface area contributed by atoms with Crippen LogP contribution in [0.15, 0.2) is 36.4 Å². The van der Waals surface area contributed by atoms with Gasteiger partial charge < -0.3 is 5.11 Å². The quantitative estimate of drug-likeness (QED) is 0.674. The van der Waals surface area contributed by atoms with E-state index in [4.69, 9.17) is 0 Å². The fraction of sp³-hybridized carbons (Fsp3) is 0.375. The first-order valence-corrected chi connectivity index (χ1v) is 6.95. The van der Waals surface area contributed by atoms with Gasteiger partial charge in [-0.3, -0.25) is 14.5 Å². The molecule has 0 spiro atoms. The molecule has 0 unspecified atom stereocenters. The maximum atomic E-state index is 12.3. The number of amides is 2. The molecule has 104 valence electrons. The Hall–Kier alpha value is -2.10. The topological polar surface area (TPSA) is 57.6 Å². The molecule has 20 heavy (non-hydrogen) atoms. The summed E-state index contributed by atoms with van der Waals surface area (Å²) in [6, 6.07) is 6.86. The van der Waals surface area contributed by atoms with Gasteiger partial charge in [0.05, 0.1) is 11.8 Å². The lowest BCUT2D eigenvalue weighted by Crippen LogP contribution is -2.33. The van der Waals surface area contributed by atoms with Crippen LogP contribution in [0.2, 0.25) is 0 Å². The van der Waals surface area contributed by atoms with E-state index in [9.17, 15) is 14.7 Å². The van der Waals surface area contributed by atoms with Crippen molar-refractivity contribution in [3.63, 3.8) is 0 Å². The standard InChI is InChI=1S/C16H17NO3/c18-12-7-5-11(6-8-12)9-10-17-15(19)13-3-1-2-4-14(13)16(17)20/h1-2,5-8,13-14,18H,3-4,9-10H2/t13-,14+. The Kier molecular flexibility index (Phi) is 3.30. The summed E-state index contributed by atoms with van der Waals surface area (Å²) in [5.41, 5.74) is 1.01. The van der Waals surface area contributed by atoms with Crippen molar-refractivity contribution in [1.82, 2.24) is 4.90 Å². The van der Waals surface area contributed by atoms with E-state index in [2.05, 4.69) is 0 Å². The summed E-state index contributed by atoms with van der Waals surface area (Å²) in [5.74, 6) is -0.120. The van der Waals surface area contributed by atoms with Gasteiger partial charge in [-0.05, 0) is 37.0 Å². The normalized spacial score (nSPS) is 25.1. The van der Waals surface area contributed by atoms with Crippen molar-refractivity contribution < 1.29 is 14.7 Å². The molecule has 1 aromatic carbocycles. The zero-order valence-electron chi connectivity index (χ0n) is 11.2. The number of imide groups is 1. The van der Waals surface area contributed by atoms with Gasteiger partial charge in [-0.25, -0.2) is 0 Å². The van der Waals surface area contributed by atoms with Crippen LogP contribution in [0.5, 0.6) is 5.75 Å². The van der Waals surface area contributed by atoms with E-state index in [1.165, 1.54) is 4.90 Å². The minimum atomic E-state index is -0.146. The van der Waals surface area contributed by atoms with Gasteiger partial charge in [-0.2, -0.15) is 0 Å². The zero-order valence-corrected chi connectivity index (χ0v) is 11.2. The summed E-state index contributed by atoms with van der Waals surface area (Å²) in [7, 11) is 0. The SMILES string of the molecule is O=C1[C@H]2CC=CC[C@H]2C(=O)N1CCc1ccc(O)cc1. The Morgan fingerprint density at radius 2 is 1.55 bits per heavy atom. The number of nitrogens with zero attached hydrogens (tertiary/aromatic N) is 1. The number of carbonyl (C=O) groups excluding carboxylic acids is 2. The molecule has 1 aliphatic carbocycles. The lowest BCUT2D eigenvalue weighted by molar-refractivity contribution is -0.139. The predicted octanol–water partition coefficient (Wildman–Crippen LogP) is 1.89. The Labute approximate surface area is 117 Å². The average Bonchev–Trinajstić information content (AvgIpc) is 2.71. The monoisotopic (exact) mass is 271 g/mol. The van der Waals surface area contributed by atoms with Crippen molar-refractivity contribution in [1.29, 1.82) is 0 Å². The van der Waals surface area contributed by atoms with Crippen molar-refractivity contribution in [2.24, 2.45) is 11.8 Å². The van der Waals surface area contributed by atoms with E-state index in [0.29, 0.717) is 25.8 Å². The van der Waals surface area contributed by atoms with Crippen molar-refractivity contribution in [3.8, 4) is 5.75 Å². The van der Waals surface area contributed by atoms with E-state index < -0.39 is 0 Å². The van der Waals surface area contributed by atoms with Crippen molar-refractivity contribution in [3.05, 3.63) is 42.0 Å². The molecule has 2 aliphatic rings. The maximum Gasteiger partial charge on any atom is 0.233 e.